The lowest BCUT2D eigenvalue weighted by molar-refractivity contribution is -0.176. The number of rotatable bonds is 7. The molecule has 4 aliphatic rings. The Morgan fingerprint density at radius 2 is 1.95 bits per heavy atom. The fourth-order valence-electron chi connectivity index (χ4n) is 6.71. The molecule has 12 nitrogen and oxygen atoms in total. The lowest BCUT2D eigenvalue weighted by Gasteiger charge is -2.72. The van der Waals surface area contributed by atoms with Gasteiger partial charge in [-0.2, -0.15) is 19.6 Å². The lowest BCUT2D eigenvalue weighted by Crippen LogP contribution is -2.85. The molecule has 198 valence electrons. The van der Waals surface area contributed by atoms with E-state index in [0.29, 0.717) is 49.3 Å². The number of hydrogen-bond donors (Lipinski definition) is 3. The molecular formula is C25H29N9O3S. The third-order valence-corrected chi connectivity index (χ3v) is 11.0. The number of nitrogens with one attached hydrogen (secondary N) is 3. The van der Waals surface area contributed by atoms with Crippen LogP contribution in [-0.4, -0.2) is 81.0 Å². The van der Waals surface area contributed by atoms with E-state index in [2.05, 4.69) is 31.8 Å². The van der Waals surface area contributed by atoms with Gasteiger partial charge in [0.1, 0.15) is 16.4 Å². The van der Waals surface area contributed by atoms with Crippen LogP contribution in [0.1, 0.15) is 31.4 Å². The number of sulfonamides is 1. The number of H-pyrrole nitrogens is 1. The zero-order valence-electron chi connectivity index (χ0n) is 21.2. The molecule has 0 radical (unpaired) electrons. The molecule has 0 amide bonds. The van der Waals surface area contributed by atoms with Gasteiger partial charge in [-0.15, -0.1) is 0 Å². The number of anilines is 3. The Morgan fingerprint density at radius 1 is 1.18 bits per heavy atom. The molecule has 6 heterocycles. The number of ether oxygens (including phenoxy) is 1. The van der Waals surface area contributed by atoms with Gasteiger partial charge in [0.05, 0.1) is 24.6 Å². The normalized spacial score (nSPS) is 28.9. The summed E-state index contributed by atoms with van der Waals surface area (Å²) in [6.07, 6.45) is 2.93. The molecule has 3 N–H and O–H groups in total. The van der Waals surface area contributed by atoms with Gasteiger partial charge >= 0.3 is 0 Å². The second kappa shape index (κ2) is 8.26. The molecule has 4 saturated heterocycles. The quantitative estimate of drug-likeness (QED) is 0.411. The van der Waals surface area contributed by atoms with Crippen LogP contribution in [0.2, 0.25) is 0 Å². The summed E-state index contributed by atoms with van der Waals surface area (Å²) >= 11 is 0. The summed E-state index contributed by atoms with van der Waals surface area (Å²) in [5.74, 6) is 2.36. The minimum Gasteiger partial charge on any atom is -0.497 e. The Kier molecular flexibility index (Phi) is 5.14. The van der Waals surface area contributed by atoms with Gasteiger partial charge in [-0.05, 0) is 44.7 Å². The largest absolute Gasteiger partial charge is 0.497 e. The highest BCUT2D eigenvalue weighted by atomic mass is 32.2. The highest BCUT2D eigenvalue weighted by Gasteiger charge is 2.73. The average molecular weight is 536 g/mol. The zero-order chi connectivity index (χ0) is 26.2. The first-order valence-corrected chi connectivity index (χ1v) is 14.3. The Bertz CT molecular complexity index is 1560. The number of piperidine rings is 2. The molecule has 1 aromatic carbocycles. The van der Waals surface area contributed by atoms with Gasteiger partial charge in [0.15, 0.2) is 5.82 Å². The first kappa shape index (κ1) is 23.6. The van der Waals surface area contributed by atoms with E-state index < -0.39 is 14.9 Å². The Morgan fingerprint density at radius 3 is 2.61 bits per heavy atom. The SMILES string of the molecule is COc1ccc2c(Nc3cc(C)[nH]n3)nc(NC3C[C@@H]4CC5(S(=O)(=O)N6CC(C#N)C6)C[C@H](C3)N45)nc2c1. The van der Waals surface area contributed by atoms with Gasteiger partial charge in [-0.25, -0.2) is 13.4 Å². The van der Waals surface area contributed by atoms with E-state index in [0.717, 1.165) is 29.4 Å². The maximum absolute atomic E-state index is 13.3. The summed E-state index contributed by atoms with van der Waals surface area (Å²) in [6.45, 7) is 2.59. The number of benzene rings is 1. The Hall–Kier alpha value is -3.47. The second-order valence-corrected chi connectivity index (χ2v) is 13.1. The van der Waals surface area contributed by atoms with Crippen molar-refractivity contribution in [1.82, 2.24) is 29.4 Å². The molecule has 4 fully saturated rings. The maximum atomic E-state index is 13.3. The van der Waals surface area contributed by atoms with Crippen LogP contribution in [0.4, 0.5) is 17.6 Å². The molecule has 0 aliphatic carbocycles. The number of hydrogen-bond acceptors (Lipinski definition) is 10. The smallest absolute Gasteiger partial charge is 0.233 e. The summed E-state index contributed by atoms with van der Waals surface area (Å²) in [5, 5.41) is 24.0. The fraction of sp³-hybridized carbons (Fsp3) is 0.520. The van der Waals surface area contributed by atoms with Gasteiger partial charge in [-0.1, -0.05) is 0 Å². The van der Waals surface area contributed by atoms with Gasteiger partial charge < -0.3 is 15.4 Å². The molecule has 2 unspecified atom stereocenters. The molecule has 7 rings (SSSR count). The first-order chi connectivity index (χ1) is 18.3. The summed E-state index contributed by atoms with van der Waals surface area (Å²) in [4.78, 5) is 11.0. The monoisotopic (exact) mass is 535 g/mol. The van der Waals surface area contributed by atoms with Crippen LogP contribution in [0, 0.1) is 24.2 Å². The van der Waals surface area contributed by atoms with E-state index >= 15 is 0 Å². The van der Waals surface area contributed by atoms with E-state index in [1.54, 1.807) is 7.11 Å². The molecule has 0 spiro atoms. The Labute approximate surface area is 220 Å². The van der Waals surface area contributed by atoms with Gasteiger partial charge in [0.25, 0.3) is 0 Å². The number of fused-ring (bicyclic) bond motifs is 1. The molecule has 38 heavy (non-hydrogen) atoms. The minimum atomic E-state index is -3.42. The van der Waals surface area contributed by atoms with E-state index in [1.807, 2.05) is 31.2 Å². The standard InChI is InChI=1S/C25H29N9O3S/c1-14-5-22(32-31-14)29-23-20-4-3-19(37-2)8-21(20)28-24(30-23)27-16-6-17-9-25(10-18(7-16)34(17)25)38(35,36)33-12-15(11-26)13-33/h3-5,8,15-18H,6-7,9-10,12-13H2,1-2H3,(H3,27,28,29,30,31,32)/t16?,17-,18+,25?. The molecule has 4 aliphatic heterocycles. The molecule has 0 saturated carbocycles. The van der Waals surface area contributed by atoms with Crippen molar-refractivity contribution in [3.8, 4) is 11.8 Å². The van der Waals surface area contributed by atoms with Gasteiger partial charge in [0, 0.05) is 54.4 Å². The van der Waals surface area contributed by atoms with Crippen LogP contribution in [0.5, 0.6) is 5.75 Å². The molecule has 2 aromatic heterocycles. The summed E-state index contributed by atoms with van der Waals surface area (Å²) in [7, 11) is -1.79. The van der Waals surface area contributed by atoms with Crippen molar-refractivity contribution in [2.45, 2.75) is 55.6 Å². The molecule has 3 aromatic rings. The number of aryl methyl sites for hydroxylation is 1. The van der Waals surface area contributed by atoms with Crippen LogP contribution < -0.4 is 15.4 Å². The Balaban J connectivity index is 1.10. The van der Waals surface area contributed by atoms with Crippen molar-refractivity contribution in [2.24, 2.45) is 5.92 Å². The first-order valence-electron chi connectivity index (χ1n) is 12.9. The van der Waals surface area contributed by atoms with E-state index in [1.165, 1.54) is 4.31 Å². The third kappa shape index (κ3) is 3.40. The van der Waals surface area contributed by atoms with E-state index in [4.69, 9.17) is 20.0 Å². The number of nitriles is 1. The number of methoxy groups -OCH3 is 1. The molecule has 4 atom stereocenters. The zero-order valence-corrected chi connectivity index (χ0v) is 22.0. The maximum Gasteiger partial charge on any atom is 0.233 e. The van der Waals surface area contributed by atoms with Crippen molar-refractivity contribution in [2.75, 3.05) is 30.8 Å². The average Bonchev–Trinajstić information content (AvgIpc) is 3.23. The summed E-state index contributed by atoms with van der Waals surface area (Å²) in [5.41, 5.74) is 1.69. The third-order valence-electron chi connectivity index (χ3n) is 8.52. The van der Waals surface area contributed by atoms with Crippen molar-refractivity contribution < 1.29 is 13.2 Å². The van der Waals surface area contributed by atoms with Crippen LogP contribution in [0.15, 0.2) is 24.3 Å². The predicted octanol–water partition coefficient (Wildman–Crippen LogP) is 2.32. The molecule has 0 bridgehead atoms. The summed E-state index contributed by atoms with van der Waals surface area (Å²) < 4.78 is 33.6. The molecule has 13 heteroatoms. The van der Waals surface area contributed by atoms with Gasteiger partial charge in [-0.3, -0.25) is 10.00 Å². The van der Waals surface area contributed by atoms with Crippen LogP contribution in [0.3, 0.4) is 0 Å². The van der Waals surface area contributed by atoms with E-state index in [-0.39, 0.29) is 24.0 Å². The van der Waals surface area contributed by atoms with Crippen LogP contribution in [0.25, 0.3) is 10.9 Å². The topological polar surface area (TPSA) is 152 Å². The predicted molar refractivity (Wildman–Crippen MR) is 140 cm³/mol. The number of nitrogens with zero attached hydrogens (tertiary/aromatic N) is 6. The van der Waals surface area contributed by atoms with Gasteiger partial charge in [0.2, 0.25) is 16.0 Å². The van der Waals surface area contributed by atoms with Crippen LogP contribution >= 0.6 is 0 Å². The van der Waals surface area contributed by atoms with Crippen molar-refractivity contribution in [3.63, 3.8) is 0 Å². The fourth-order valence-corrected chi connectivity index (χ4v) is 9.32. The van der Waals surface area contributed by atoms with E-state index in [9.17, 15) is 8.42 Å². The van der Waals surface area contributed by atoms with Crippen LogP contribution in [-0.2, 0) is 10.0 Å². The number of aromatic nitrogens is 4. The molecular weight excluding hydrogens is 506 g/mol. The summed E-state index contributed by atoms with van der Waals surface area (Å²) in [6, 6.07) is 10.3. The second-order valence-electron chi connectivity index (χ2n) is 10.9. The highest BCUT2D eigenvalue weighted by molar-refractivity contribution is 7.90. The highest BCUT2D eigenvalue weighted by Crippen LogP contribution is 2.60. The number of aromatic amines is 1. The van der Waals surface area contributed by atoms with Crippen molar-refractivity contribution >= 4 is 38.5 Å². The minimum absolute atomic E-state index is 0.137. The lowest BCUT2D eigenvalue weighted by atomic mass is 9.68. The van der Waals surface area contributed by atoms with Crippen molar-refractivity contribution in [3.05, 3.63) is 30.0 Å². The van der Waals surface area contributed by atoms with Crippen molar-refractivity contribution in [1.29, 1.82) is 5.26 Å².